The number of carbonyl (C=O) groups is 2. The van der Waals surface area contributed by atoms with Crippen molar-refractivity contribution in [2.45, 2.75) is 24.3 Å². The predicted molar refractivity (Wildman–Crippen MR) is 108 cm³/mol. The van der Waals surface area contributed by atoms with Gasteiger partial charge in [0.2, 0.25) is 10.0 Å². The molecule has 0 heterocycles. The van der Waals surface area contributed by atoms with Crippen LogP contribution in [0.1, 0.15) is 17.3 Å². The molecule has 13 heteroatoms. The van der Waals surface area contributed by atoms with Gasteiger partial charge in [-0.15, -0.1) is 19.8 Å². The van der Waals surface area contributed by atoms with Gasteiger partial charge in [0.1, 0.15) is 16.5 Å². The van der Waals surface area contributed by atoms with Crippen molar-refractivity contribution in [1.29, 1.82) is 0 Å². The van der Waals surface area contributed by atoms with Crippen LogP contribution >= 0.6 is 0 Å². The van der Waals surface area contributed by atoms with E-state index in [1.165, 1.54) is 13.0 Å². The maximum atomic E-state index is 14.0. The summed E-state index contributed by atoms with van der Waals surface area (Å²) in [7, 11) is -4.27. The third kappa shape index (κ3) is 7.57. The van der Waals surface area contributed by atoms with Gasteiger partial charge in [-0.1, -0.05) is 6.08 Å². The number of alkyl halides is 3. The van der Waals surface area contributed by atoms with E-state index in [0.29, 0.717) is 0 Å². The Morgan fingerprint density at radius 1 is 1.15 bits per heavy atom. The lowest BCUT2D eigenvalue weighted by atomic mass is 10.2. The number of esters is 1. The Bertz CT molecular complexity index is 1130. The molecule has 0 aliphatic heterocycles. The van der Waals surface area contributed by atoms with Crippen LogP contribution in [0.15, 0.2) is 60.0 Å². The van der Waals surface area contributed by atoms with Gasteiger partial charge in [-0.25, -0.2) is 22.3 Å². The van der Waals surface area contributed by atoms with Crippen LogP contribution in [-0.2, 0) is 19.6 Å². The zero-order valence-corrected chi connectivity index (χ0v) is 17.8. The molecule has 2 rings (SSSR count). The van der Waals surface area contributed by atoms with Crippen molar-refractivity contribution in [3.05, 3.63) is 66.5 Å². The average molecular weight is 490 g/mol. The first-order valence-corrected chi connectivity index (χ1v) is 10.6. The number of hydrogen-bond acceptors (Lipinski definition) is 6. The van der Waals surface area contributed by atoms with Crippen molar-refractivity contribution in [3.63, 3.8) is 0 Å². The highest BCUT2D eigenvalue weighted by atomic mass is 32.2. The molecule has 0 radical (unpaired) electrons. The van der Waals surface area contributed by atoms with E-state index in [0.717, 1.165) is 42.5 Å². The van der Waals surface area contributed by atoms with Crippen molar-refractivity contribution in [2.75, 3.05) is 11.9 Å². The third-order valence-corrected chi connectivity index (χ3v) is 5.32. The maximum Gasteiger partial charge on any atom is 0.573 e. The van der Waals surface area contributed by atoms with Crippen LogP contribution in [0.3, 0.4) is 0 Å². The number of sulfonamides is 1. The molecule has 0 aliphatic rings. The zero-order valence-electron chi connectivity index (χ0n) is 17.0. The number of hydrogen-bond donors (Lipinski definition) is 2. The summed E-state index contributed by atoms with van der Waals surface area (Å²) in [4.78, 5) is 23.7. The first kappa shape index (κ1) is 25.8. The van der Waals surface area contributed by atoms with Crippen LogP contribution in [0.2, 0.25) is 0 Å². The lowest BCUT2D eigenvalue weighted by Crippen LogP contribution is -2.30. The number of anilines is 1. The summed E-state index contributed by atoms with van der Waals surface area (Å²) < 4.78 is 85.5. The van der Waals surface area contributed by atoms with Crippen molar-refractivity contribution in [2.24, 2.45) is 0 Å². The van der Waals surface area contributed by atoms with Crippen LogP contribution in [0.4, 0.5) is 23.2 Å². The Morgan fingerprint density at radius 3 is 2.36 bits per heavy atom. The Morgan fingerprint density at radius 2 is 1.79 bits per heavy atom. The van der Waals surface area contributed by atoms with Crippen molar-refractivity contribution < 1.29 is 45.0 Å². The standard InChI is InChI=1S/C20H18F4N2O6S/c1-3-10-25-33(29,30)17-11-13(4-9-16(17)21)19(28)31-12(2)18(27)26-14-5-7-15(8-6-14)32-20(22,23)24/h3-9,11-12,25H,1,10H2,2H3,(H,26,27). The maximum absolute atomic E-state index is 14.0. The molecule has 178 valence electrons. The van der Waals surface area contributed by atoms with Crippen LogP contribution in [0, 0.1) is 5.82 Å². The number of amides is 1. The molecule has 0 saturated heterocycles. The highest BCUT2D eigenvalue weighted by Crippen LogP contribution is 2.24. The number of ether oxygens (including phenoxy) is 2. The Labute approximate surface area is 186 Å². The van der Waals surface area contributed by atoms with Crippen molar-refractivity contribution in [3.8, 4) is 5.75 Å². The molecule has 1 atom stereocenters. The van der Waals surface area contributed by atoms with Gasteiger partial charge in [0.05, 0.1) is 5.56 Å². The second-order valence-corrected chi connectivity index (χ2v) is 8.13. The molecule has 0 aromatic heterocycles. The van der Waals surface area contributed by atoms with Gasteiger partial charge in [-0.2, -0.15) is 0 Å². The normalized spacial score (nSPS) is 12.5. The Hall–Kier alpha value is -3.45. The molecule has 8 nitrogen and oxygen atoms in total. The highest BCUT2D eigenvalue weighted by Gasteiger charge is 2.31. The van der Waals surface area contributed by atoms with E-state index in [-0.39, 0.29) is 17.8 Å². The number of benzene rings is 2. The summed E-state index contributed by atoms with van der Waals surface area (Å²) in [5.74, 6) is -3.53. The Balaban J connectivity index is 2.06. The first-order chi connectivity index (χ1) is 15.3. The second kappa shape index (κ2) is 10.4. The lowest BCUT2D eigenvalue weighted by molar-refractivity contribution is -0.274. The van der Waals surface area contributed by atoms with Gasteiger partial charge in [-0.3, -0.25) is 4.79 Å². The first-order valence-electron chi connectivity index (χ1n) is 9.10. The molecule has 0 saturated carbocycles. The summed E-state index contributed by atoms with van der Waals surface area (Å²) in [6, 6.07) is 6.72. The fourth-order valence-electron chi connectivity index (χ4n) is 2.35. The molecule has 2 aromatic carbocycles. The topological polar surface area (TPSA) is 111 Å². The number of carbonyl (C=O) groups excluding carboxylic acids is 2. The Kier molecular flexibility index (Phi) is 8.17. The van der Waals surface area contributed by atoms with Crippen LogP contribution in [0.5, 0.6) is 5.75 Å². The van der Waals surface area contributed by atoms with Crippen LogP contribution < -0.4 is 14.8 Å². The van der Waals surface area contributed by atoms with Crippen molar-refractivity contribution >= 4 is 27.6 Å². The smallest absolute Gasteiger partial charge is 0.449 e. The fraction of sp³-hybridized carbons (Fsp3) is 0.200. The van der Waals surface area contributed by atoms with E-state index in [9.17, 15) is 35.6 Å². The van der Waals surface area contributed by atoms with Gasteiger partial charge >= 0.3 is 12.3 Å². The van der Waals surface area contributed by atoms with E-state index < -0.39 is 50.8 Å². The minimum atomic E-state index is -4.87. The largest absolute Gasteiger partial charge is 0.573 e. The summed E-state index contributed by atoms with van der Waals surface area (Å²) in [6.07, 6.45) is -5.01. The average Bonchev–Trinajstić information content (AvgIpc) is 2.72. The predicted octanol–water partition coefficient (Wildman–Crippen LogP) is 3.37. The van der Waals surface area contributed by atoms with E-state index in [1.807, 2.05) is 0 Å². The van der Waals surface area contributed by atoms with Crippen LogP contribution in [-0.4, -0.2) is 39.3 Å². The van der Waals surface area contributed by atoms with Crippen molar-refractivity contribution in [1.82, 2.24) is 4.72 Å². The summed E-state index contributed by atoms with van der Waals surface area (Å²) >= 11 is 0. The van der Waals surface area contributed by atoms with Gasteiger partial charge in [0.15, 0.2) is 6.10 Å². The molecule has 33 heavy (non-hydrogen) atoms. The third-order valence-electron chi connectivity index (χ3n) is 3.88. The second-order valence-electron chi connectivity index (χ2n) is 6.39. The summed E-state index contributed by atoms with van der Waals surface area (Å²) in [5.41, 5.74) is -0.232. The van der Waals surface area contributed by atoms with Gasteiger partial charge < -0.3 is 14.8 Å². The molecule has 0 spiro atoms. The fourth-order valence-corrected chi connectivity index (χ4v) is 3.45. The van der Waals surface area contributed by atoms with E-state index in [2.05, 4.69) is 21.4 Å². The van der Waals surface area contributed by atoms with Crippen LogP contribution in [0.25, 0.3) is 0 Å². The van der Waals surface area contributed by atoms with Gasteiger partial charge in [0, 0.05) is 12.2 Å². The number of halogens is 4. The zero-order chi connectivity index (χ0) is 24.8. The summed E-state index contributed by atoms with van der Waals surface area (Å²) in [5, 5.41) is 2.33. The number of nitrogens with one attached hydrogen (secondary N) is 2. The highest BCUT2D eigenvalue weighted by molar-refractivity contribution is 7.89. The lowest BCUT2D eigenvalue weighted by Gasteiger charge is -2.15. The molecular weight excluding hydrogens is 472 g/mol. The molecule has 1 unspecified atom stereocenters. The molecule has 0 aliphatic carbocycles. The molecular formula is C20H18F4N2O6S. The SMILES string of the molecule is C=CCNS(=O)(=O)c1cc(C(=O)OC(C)C(=O)Nc2ccc(OC(F)(F)F)cc2)ccc1F. The molecule has 2 aromatic rings. The van der Waals surface area contributed by atoms with Gasteiger partial charge in [0.25, 0.3) is 5.91 Å². The van der Waals surface area contributed by atoms with E-state index in [4.69, 9.17) is 4.74 Å². The molecule has 2 N–H and O–H groups in total. The molecule has 0 bridgehead atoms. The number of rotatable bonds is 9. The molecule has 1 amide bonds. The molecule has 0 fully saturated rings. The minimum absolute atomic E-state index is 0.0980. The van der Waals surface area contributed by atoms with E-state index >= 15 is 0 Å². The summed E-state index contributed by atoms with van der Waals surface area (Å²) in [6.45, 7) is 4.38. The monoisotopic (exact) mass is 490 g/mol. The van der Waals surface area contributed by atoms with Gasteiger partial charge in [-0.05, 0) is 49.4 Å². The quantitative estimate of drug-likeness (QED) is 0.317. The minimum Gasteiger partial charge on any atom is -0.449 e. The van der Waals surface area contributed by atoms with E-state index in [1.54, 1.807) is 0 Å².